The van der Waals surface area contributed by atoms with Gasteiger partial charge in [-0.15, -0.1) is 0 Å². The third-order valence-corrected chi connectivity index (χ3v) is 3.95. The Kier molecular flexibility index (Phi) is 5.47. The molecule has 0 aliphatic carbocycles. The summed E-state index contributed by atoms with van der Waals surface area (Å²) in [7, 11) is 0. The Hall–Kier alpha value is -4.31. The van der Waals surface area contributed by atoms with Gasteiger partial charge in [0.05, 0.1) is 26.8 Å². The van der Waals surface area contributed by atoms with E-state index in [2.05, 4.69) is 25.6 Å². The normalized spacial score (nSPS) is 10.5. The van der Waals surface area contributed by atoms with Crippen LogP contribution in [0.3, 0.4) is 0 Å². The van der Waals surface area contributed by atoms with Gasteiger partial charge in [0.15, 0.2) is 5.52 Å². The number of nitrogens with zero attached hydrogens (tertiary/aromatic N) is 5. The number of nitro groups is 2. The number of hydrogen-bond acceptors (Lipinski definition) is 11. The van der Waals surface area contributed by atoms with Crippen molar-refractivity contribution in [2.45, 2.75) is 6.42 Å². The molecule has 0 radical (unpaired) electrons. The maximum Gasteiger partial charge on any atom is 0.323 e. The Morgan fingerprint density at radius 1 is 1.10 bits per heavy atom. The average Bonchev–Trinajstić information content (AvgIpc) is 3.17. The monoisotopic (exact) mass is 399 g/mol. The van der Waals surface area contributed by atoms with E-state index in [1.165, 1.54) is 18.2 Å². The molecule has 13 heteroatoms. The molecule has 0 unspecified atom stereocenters. The summed E-state index contributed by atoms with van der Waals surface area (Å²) >= 11 is 0. The van der Waals surface area contributed by atoms with Crippen molar-refractivity contribution in [2.75, 3.05) is 23.8 Å². The zero-order valence-electron chi connectivity index (χ0n) is 14.7. The van der Waals surface area contributed by atoms with Crippen LogP contribution in [0.1, 0.15) is 12.0 Å². The van der Waals surface area contributed by atoms with Crippen LogP contribution in [0.15, 0.2) is 28.9 Å². The number of non-ortho nitro benzene ring substituents is 1. The van der Waals surface area contributed by atoms with E-state index in [1.807, 2.05) is 6.07 Å². The van der Waals surface area contributed by atoms with Gasteiger partial charge in [-0.05, 0) is 28.9 Å². The third-order valence-electron chi connectivity index (χ3n) is 3.95. The molecule has 3 aromatic rings. The highest BCUT2D eigenvalue weighted by Crippen LogP contribution is 2.38. The Morgan fingerprint density at radius 3 is 2.52 bits per heavy atom. The van der Waals surface area contributed by atoms with E-state index < -0.39 is 9.85 Å². The summed E-state index contributed by atoms with van der Waals surface area (Å²) in [5.41, 5.74) is -0.101. The molecule has 0 saturated carbocycles. The number of nitro benzene ring substituents is 2. The molecule has 13 nitrogen and oxygen atoms in total. The highest BCUT2D eigenvalue weighted by molar-refractivity contribution is 6.00. The number of fused-ring (bicyclic) bond motifs is 1. The number of aromatic nitrogens is 2. The molecule has 0 aliphatic rings. The van der Waals surface area contributed by atoms with Crippen LogP contribution in [0.4, 0.5) is 28.4 Å². The lowest BCUT2D eigenvalue weighted by atomic mass is 10.1. The molecule has 3 rings (SSSR count). The summed E-state index contributed by atoms with van der Waals surface area (Å²) < 4.78 is 4.66. The lowest BCUT2D eigenvalue weighted by Gasteiger charge is -2.12. The second kappa shape index (κ2) is 8.15. The molecule has 0 bridgehead atoms. The van der Waals surface area contributed by atoms with Crippen LogP contribution in [0.2, 0.25) is 0 Å². The fraction of sp³-hybridized carbons (Fsp3) is 0.188. The van der Waals surface area contributed by atoms with Crippen molar-refractivity contribution in [3.8, 4) is 6.07 Å². The SMILES string of the molecule is N#Cc1cc([N+](=O)[O-])ccc1Nc1cc(NCCCO)c([N+](=O)[O-])c2nonc12. The summed E-state index contributed by atoms with van der Waals surface area (Å²) in [5, 5.41) is 53.7. The molecule has 2 aromatic carbocycles. The molecule has 1 heterocycles. The Morgan fingerprint density at radius 2 is 1.86 bits per heavy atom. The Labute approximate surface area is 161 Å². The van der Waals surface area contributed by atoms with Gasteiger partial charge in [0, 0.05) is 25.3 Å². The quantitative estimate of drug-likeness (QED) is 0.286. The summed E-state index contributed by atoms with van der Waals surface area (Å²) in [5.74, 6) is 0. The van der Waals surface area contributed by atoms with Crippen molar-refractivity contribution < 1.29 is 19.6 Å². The number of benzene rings is 2. The van der Waals surface area contributed by atoms with E-state index >= 15 is 0 Å². The van der Waals surface area contributed by atoms with Gasteiger partial charge < -0.3 is 15.7 Å². The maximum absolute atomic E-state index is 11.5. The molecule has 0 saturated heterocycles. The van der Waals surface area contributed by atoms with Crippen LogP contribution in [0.25, 0.3) is 11.0 Å². The lowest BCUT2D eigenvalue weighted by Crippen LogP contribution is -2.07. The zero-order valence-corrected chi connectivity index (χ0v) is 14.7. The standard InChI is InChI=1S/C16H13N7O6/c17-8-9-6-10(22(25)26)2-3-11(9)19-12-7-13(18-4-1-5-24)16(23(27)28)15-14(12)20-29-21-15/h2-3,6-7,18-19,24H,1,4-5H2. The summed E-state index contributed by atoms with van der Waals surface area (Å²) in [4.78, 5) is 21.2. The fourth-order valence-electron chi connectivity index (χ4n) is 2.64. The van der Waals surface area contributed by atoms with Crippen molar-refractivity contribution in [3.05, 3.63) is 50.1 Å². The molecule has 0 amide bonds. The molecule has 148 valence electrons. The molecular formula is C16H13N7O6. The van der Waals surface area contributed by atoms with Crippen molar-refractivity contribution in [1.82, 2.24) is 10.3 Å². The van der Waals surface area contributed by atoms with Crippen LogP contribution >= 0.6 is 0 Å². The number of nitriles is 1. The Bertz CT molecular complexity index is 1140. The van der Waals surface area contributed by atoms with E-state index in [1.54, 1.807) is 0 Å². The summed E-state index contributed by atoms with van der Waals surface area (Å²) in [6.07, 6.45) is 0.357. The van der Waals surface area contributed by atoms with Crippen LogP contribution in [-0.4, -0.2) is 38.4 Å². The van der Waals surface area contributed by atoms with Gasteiger partial charge in [0.2, 0.25) is 5.52 Å². The molecule has 3 N–H and O–H groups in total. The van der Waals surface area contributed by atoms with Crippen LogP contribution in [0, 0.1) is 31.6 Å². The predicted octanol–water partition coefficient (Wildman–Crippen LogP) is 2.45. The van der Waals surface area contributed by atoms with E-state index in [0.717, 1.165) is 6.07 Å². The van der Waals surface area contributed by atoms with Crippen molar-refractivity contribution in [2.24, 2.45) is 0 Å². The Balaban J connectivity index is 2.09. The van der Waals surface area contributed by atoms with Crippen molar-refractivity contribution >= 4 is 39.5 Å². The molecule has 0 fully saturated rings. The second-order valence-electron chi connectivity index (χ2n) is 5.77. The van der Waals surface area contributed by atoms with E-state index in [0.29, 0.717) is 6.42 Å². The van der Waals surface area contributed by atoms with Gasteiger partial charge in [-0.1, -0.05) is 0 Å². The lowest BCUT2D eigenvalue weighted by molar-refractivity contribution is -0.384. The van der Waals surface area contributed by atoms with Gasteiger partial charge in [-0.25, -0.2) is 4.63 Å². The van der Waals surface area contributed by atoms with E-state index in [-0.39, 0.29) is 58.2 Å². The number of aliphatic hydroxyl groups excluding tert-OH is 1. The molecule has 0 aliphatic heterocycles. The molecule has 0 atom stereocenters. The molecule has 1 aromatic heterocycles. The van der Waals surface area contributed by atoms with Gasteiger partial charge in [0.25, 0.3) is 5.69 Å². The number of aliphatic hydroxyl groups is 1. The smallest absolute Gasteiger partial charge is 0.323 e. The largest absolute Gasteiger partial charge is 0.396 e. The minimum absolute atomic E-state index is 0.00283. The molecular weight excluding hydrogens is 386 g/mol. The van der Waals surface area contributed by atoms with Crippen molar-refractivity contribution in [3.63, 3.8) is 0 Å². The van der Waals surface area contributed by atoms with Gasteiger partial charge in [-0.3, -0.25) is 20.2 Å². The predicted molar refractivity (Wildman–Crippen MR) is 99.7 cm³/mol. The zero-order chi connectivity index (χ0) is 21.0. The van der Waals surface area contributed by atoms with Gasteiger partial charge in [-0.2, -0.15) is 5.26 Å². The van der Waals surface area contributed by atoms with Gasteiger partial charge >= 0.3 is 5.69 Å². The molecule has 29 heavy (non-hydrogen) atoms. The highest BCUT2D eigenvalue weighted by atomic mass is 16.6. The topological polar surface area (TPSA) is 193 Å². The van der Waals surface area contributed by atoms with Crippen LogP contribution in [0.5, 0.6) is 0 Å². The minimum atomic E-state index is -0.635. The molecule has 0 spiro atoms. The minimum Gasteiger partial charge on any atom is -0.396 e. The first-order chi connectivity index (χ1) is 14.0. The first-order valence-corrected chi connectivity index (χ1v) is 8.20. The summed E-state index contributed by atoms with van der Waals surface area (Å²) in [6.45, 7) is 0.155. The second-order valence-corrected chi connectivity index (χ2v) is 5.77. The van der Waals surface area contributed by atoms with E-state index in [4.69, 9.17) is 5.11 Å². The first kappa shape index (κ1) is 19.5. The highest BCUT2D eigenvalue weighted by Gasteiger charge is 2.26. The van der Waals surface area contributed by atoms with E-state index in [9.17, 15) is 25.5 Å². The van der Waals surface area contributed by atoms with Crippen molar-refractivity contribution in [1.29, 1.82) is 5.26 Å². The number of anilines is 3. The maximum atomic E-state index is 11.5. The first-order valence-electron chi connectivity index (χ1n) is 8.20. The summed E-state index contributed by atoms with van der Waals surface area (Å²) in [6, 6.07) is 6.92. The third kappa shape index (κ3) is 3.87. The average molecular weight is 399 g/mol. The number of rotatable bonds is 8. The van der Waals surface area contributed by atoms with Crippen LogP contribution < -0.4 is 10.6 Å². The van der Waals surface area contributed by atoms with Crippen LogP contribution in [-0.2, 0) is 0 Å². The van der Waals surface area contributed by atoms with Gasteiger partial charge in [0.1, 0.15) is 11.8 Å². The number of nitrogens with one attached hydrogen (secondary N) is 2. The number of hydrogen-bond donors (Lipinski definition) is 3. The fourth-order valence-corrected chi connectivity index (χ4v) is 2.64.